The normalized spacial score (nSPS) is 52.2. The third-order valence-corrected chi connectivity index (χ3v) is 11.5. The van der Waals surface area contributed by atoms with Crippen molar-refractivity contribution < 1.29 is 23.7 Å². The molecule has 0 radical (unpaired) electrons. The van der Waals surface area contributed by atoms with Gasteiger partial charge in [0.05, 0.1) is 25.9 Å². The number of hydrogen-bond donors (Lipinski definition) is 0. The summed E-state index contributed by atoms with van der Waals surface area (Å²) in [5.41, 5.74) is 2.03. The SMILES string of the molecule is COCOC1C[C@@]2(C)C(CC[C@@]23COCC32CCOC2)C2CCC3=CC(=O)CC[C@]3(C)C12. The van der Waals surface area contributed by atoms with E-state index in [0.29, 0.717) is 36.8 Å². The molecule has 0 N–H and O–H groups in total. The van der Waals surface area contributed by atoms with Crippen LogP contribution in [0, 0.1) is 39.4 Å². The zero-order valence-corrected chi connectivity index (χ0v) is 20.1. The fourth-order valence-corrected chi connectivity index (χ4v) is 10.0. The van der Waals surface area contributed by atoms with Gasteiger partial charge in [0.25, 0.3) is 0 Å². The molecule has 5 heteroatoms. The van der Waals surface area contributed by atoms with E-state index >= 15 is 0 Å². The van der Waals surface area contributed by atoms with Crippen LogP contribution in [0.4, 0.5) is 0 Å². The van der Waals surface area contributed by atoms with Gasteiger partial charge in [-0.3, -0.25) is 4.79 Å². The zero-order valence-electron chi connectivity index (χ0n) is 20.1. The average Bonchev–Trinajstić information content (AvgIpc) is 3.47. The van der Waals surface area contributed by atoms with Crippen LogP contribution in [0.25, 0.3) is 0 Å². The standard InChI is InChI=1S/C27H40O5/c1-24-8-6-19(28)12-18(24)4-5-20-21-7-9-27(16-31-15-26(27)10-11-30-14-26)25(21,2)13-22(23(20)24)32-17-29-3/h12,20-23H,4-11,13-17H2,1-3H3/t20?,21?,22?,23?,24-,25-,26?,27+/m0/s1. The number of ether oxygens (including phenoxy) is 4. The van der Waals surface area contributed by atoms with Gasteiger partial charge in [-0.25, -0.2) is 0 Å². The van der Waals surface area contributed by atoms with Gasteiger partial charge in [0, 0.05) is 31.0 Å². The lowest BCUT2D eigenvalue weighted by Gasteiger charge is -2.63. The molecule has 0 aromatic carbocycles. The molecule has 0 aromatic heterocycles. The minimum atomic E-state index is 0.0760. The van der Waals surface area contributed by atoms with Gasteiger partial charge >= 0.3 is 0 Å². The molecule has 6 aliphatic rings. The largest absolute Gasteiger partial charge is 0.381 e. The summed E-state index contributed by atoms with van der Waals surface area (Å²) in [6, 6.07) is 0. The monoisotopic (exact) mass is 444 g/mol. The Morgan fingerprint density at radius 2 is 1.91 bits per heavy atom. The average molecular weight is 445 g/mol. The lowest BCUT2D eigenvalue weighted by molar-refractivity contribution is -0.202. The molecule has 0 bridgehead atoms. The van der Waals surface area contributed by atoms with E-state index in [1.165, 1.54) is 24.8 Å². The second-order valence-corrected chi connectivity index (χ2v) is 12.3. The zero-order chi connectivity index (χ0) is 22.2. The first-order chi connectivity index (χ1) is 15.4. The molecule has 6 rings (SSSR count). The third-order valence-electron chi connectivity index (χ3n) is 11.5. The van der Waals surface area contributed by atoms with Crippen LogP contribution in [0.2, 0.25) is 0 Å². The summed E-state index contributed by atoms with van der Waals surface area (Å²) in [5.74, 6) is 2.13. The highest BCUT2D eigenvalue weighted by atomic mass is 16.7. The van der Waals surface area contributed by atoms with Crippen molar-refractivity contribution in [2.75, 3.05) is 40.3 Å². The number of allylic oxidation sites excluding steroid dienone is 1. The summed E-state index contributed by atoms with van der Waals surface area (Å²) in [4.78, 5) is 12.3. The van der Waals surface area contributed by atoms with E-state index in [0.717, 1.165) is 52.1 Å². The number of methoxy groups -OCH3 is 1. The van der Waals surface area contributed by atoms with Gasteiger partial charge in [0.15, 0.2) is 5.78 Å². The Kier molecular flexibility index (Phi) is 5.01. The molecule has 3 saturated carbocycles. The molecule has 2 spiro atoms. The maximum Gasteiger partial charge on any atom is 0.155 e. The van der Waals surface area contributed by atoms with E-state index in [1.807, 2.05) is 6.08 Å². The van der Waals surface area contributed by atoms with Crippen LogP contribution in [0.5, 0.6) is 0 Å². The van der Waals surface area contributed by atoms with Crippen molar-refractivity contribution in [3.63, 3.8) is 0 Å². The molecule has 5 nitrogen and oxygen atoms in total. The molecule has 0 aromatic rings. The quantitative estimate of drug-likeness (QED) is 0.598. The Morgan fingerprint density at radius 1 is 1.06 bits per heavy atom. The number of rotatable bonds is 3. The van der Waals surface area contributed by atoms with E-state index in [-0.39, 0.29) is 27.8 Å². The molecule has 178 valence electrons. The minimum absolute atomic E-state index is 0.0760. The first-order valence-electron chi connectivity index (χ1n) is 12.9. The van der Waals surface area contributed by atoms with Crippen LogP contribution >= 0.6 is 0 Å². The van der Waals surface area contributed by atoms with Gasteiger partial charge in [-0.05, 0) is 79.6 Å². The molecule has 2 saturated heterocycles. The number of hydrogen-bond acceptors (Lipinski definition) is 5. The van der Waals surface area contributed by atoms with Gasteiger partial charge in [-0.2, -0.15) is 0 Å². The molecule has 0 amide bonds. The van der Waals surface area contributed by atoms with Crippen molar-refractivity contribution in [1.29, 1.82) is 0 Å². The van der Waals surface area contributed by atoms with Crippen molar-refractivity contribution in [3.8, 4) is 0 Å². The Balaban J connectivity index is 1.42. The van der Waals surface area contributed by atoms with E-state index in [4.69, 9.17) is 18.9 Å². The van der Waals surface area contributed by atoms with Crippen molar-refractivity contribution in [2.24, 2.45) is 39.4 Å². The molecular weight excluding hydrogens is 404 g/mol. The maximum absolute atomic E-state index is 12.3. The Bertz CT molecular complexity index is 809. The fourth-order valence-electron chi connectivity index (χ4n) is 10.0. The van der Waals surface area contributed by atoms with E-state index in [2.05, 4.69) is 13.8 Å². The van der Waals surface area contributed by atoms with Gasteiger partial charge in [-0.1, -0.05) is 19.4 Å². The Hall–Kier alpha value is -0.750. The first-order valence-corrected chi connectivity index (χ1v) is 12.9. The lowest BCUT2D eigenvalue weighted by Crippen LogP contribution is -2.61. The predicted octanol–water partition coefficient (Wildman–Crippen LogP) is 4.54. The summed E-state index contributed by atoms with van der Waals surface area (Å²) in [5, 5.41) is 0. The van der Waals surface area contributed by atoms with Gasteiger partial charge in [-0.15, -0.1) is 0 Å². The molecule has 2 heterocycles. The summed E-state index contributed by atoms with van der Waals surface area (Å²) < 4.78 is 24.3. The molecular formula is C27H40O5. The molecule has 5 unspecified atom stereocenters. The van der Waals surface area contributed by atoms with E-state index in [1.54, 1.807) is 7.11 Å². The predicted molar refractivity (Wildman–Crippen MR) is 120 cm³/mol. The van der Waals surface area contributed by atoms with Gasteiger partial charge < -0.3 is 18.9 Å². The molecule has 32 heavy (non-hydrogen) atoms. The number of carbonyl (C=O) groups is 1. The van der Waals surface area contributed by atoms with Crippen LogP contribution in [-0.4, -0.2) is 52.2 Å². The van der Waals surface area contributed by atoms with Crippen LogP contribution in [0.15, 0.2) is 11.6 Å². The second-order valence-electron chi connectivity index (χ2n) is 12.3. The molecule has 8 atom stereocenters. The third kappa shape index (κ3) is 2.63. The van der Waals surface area contributed by atoms with Crippen LogP contribution in [0.1, 0.15) is 65.2 Å². The van der Waals surface area contributed by atoms with Gasteiger partial charge in [0.2, 0.25) is 0 Å². The van der Waals surface area contributed by atoms with E-state index < -0.39 is 0 Å². The Labute approximate surface area is 192 Å². The number of carbonyl (C=O) groups excluding carboxylic acids is 1. The van der Waals surface area contributed by atoms with Crippen molar-refractivity contribution >= 4 is 5.78 Å². The summed E-state index contributed by atoms with van der Waals surface area (Å²) in [7, 11) is 1.73. The molecule has 5 fully saturated rings. The summed E-state index contributed by atoms with van der Waals surface area (Å²) in [6.45, 7) is 8.84. The second kappa shape index (κ2) is 7.37. The maximum atomic E-state index is 12.3. The van der Waals surface area contributed by atoms with Crippen molar-refractivity contribution in [1.82, 2.24) is 0 Å². The van der Waals surface area contributed by atoms with E-state index in [9.17, 15) is 4.79 Å². The van der Waals surface area contributed by atoms with Crippen molar-refractivity contribution in [3.05, 3.63) is 11.6 Å². The number of ketones is 1. The number of fused-ring (bicyclic) bond motifs is 7. The smallest absolute Gasteiger partial charge is 0.155 e. The molecule has 2 aliphatic heterocycles. The topological polar surface area (TPSA) is 54.0 Å². The van der Waals surface area contributed by atoms with Crippen LogP contribution in [-0.2, 0) is 23.7 Å². The lowest BCUT2D eigenvalue weighted by atomic mass is 9.42. The highest BCUT2D eigenvalue weighted by Gasteiger charge is 2.73. The minimum Gasteiger partial charge on any atom is -0.381 e. The molecule has 4 aliphatic carbocycles. The highest BCUT2D eigenvalue weighted by molar-refractivity contribution is 5.91. The van der Waals surface area contributed by atoms with Crippen LogP contribution in [0.3, 0.4) is 0 Å². The first kappa shape index (κ1) is 21.8. The highest BCUT2D eigenvalue weighted by Crippen LogP contribution is 2.75. The Morgan fingerprint density at radius 3 is 2.69 bits per heavy atom. The summed E-state index contributed by atoms with van der Waals surface area (Å²) in [6.07, 6.45) is 10.8. The van der Waals surface area contributed by atoms with Crippen molar-refractivity contribution in [2.45, 2.75) is 71.3 Å². The summed E-state index contributed by atoms with van der Waals surface area (Å²) >= 11 is 0. The van der Waals surface area contributed by atoms with Gasteiger partial charge in [0.1, 0.15) is 6.79 Å². The fraction of sp³-hybridized carbons (Fsp3) is 0.889. The van der Waals surface area contributed by atoms with Crippen LogP contribution < -0.4 is 0 Å².